The lowest BCUT2D eigenvalue weighted by molar-refractivity contribution is -0.143. The molecule has 2 rings (SSSR count). The summed E-state index contributed by atoms with van der Waals surface area (Å²) in [6.45, 7) is 3.81. The van der Waals surface area contributed by atoms with Gasteiger partial charge in [-0.25, -0.2) is 9.59 Å². The molecule has 1 aromatic rings. The van der Waals surface area contributed by atoms with Gasteiger partial charge < -0.3 is 30.7 Å². The van der Waals surface area contributed by atoms with Crippen LogP contribution >= 0.6 is 0 Å². The normalized spacial score (nSPS) is 15.9. The fourth-order valence-corrected chi connectivity index (χ4v) is 2.81. The molecule has 1 heterocycles. The Balaban J connectivity index is 1.81. The first-order valence-electron chi connectivity index (χ1n) is 10.1. The average molecular weight is 447 g/mol. The van der Waals surface area contributed by atoms with E-state index >= 15 is 0 Å². The van der Waals surface area contributed by atoms with Gasteiger partial charge in [0.05, 0.1) is 25.8 Å². The van der Waals surface area contributed by atoms with Crippen LogP contribution in [0.5, 0.6) is 0 Å². The predicted octanol–water partition coefficient (Wildman–Crippen LogP) is 0.894. The van der Waals surface area contributed by atoms with Crippen LogP contribution in [-0.4, -0.2) is 61.9 Å². The number of ether oxygens (including phenoxy) is 2. The molecular formula is C21H29N5O6. The highest BCUT2D eigenvalue weighted by atomic mass is 16.6. The molecule has 11 heteroatoms. The lowest BCUT2D eigenvalue weighted by atomic mass is 10.0. The summed E-state index contributed by atoms with van der Waals surface area (Å²) in [6, 6.07) is 5.91. The van der Waals surface area contributed by atoms with Crippen LogP contribution in [0.3, 0.4) is 0 Å². The Labute approximate surface area is 186 Å². The first-order valence-corrected chi connectivity index (χ1v) is 10.1. The molecular weight excluding hydrogens is 418 g/mol. The summed E-state index contributed by atoms with van der Waals surface area (Å²) in [5.41, 5.74) is 7.55. The average Bonchev–Trinajstić information content (AvgIpc) is 3.22. The monoisotopic (exact) mass is 447 g/mol. The number of nitrogens with one attached hydrogen (secondary N) is 3. The number of esters is 1. The van der Waals surface area contributed by atoms with Gasteiger partial charge in [-0.15, -0.1) is 0 Å². The number of oxime groups is 1. The van der Waals surface area contributed by atoms with Crippen molar-refractivity contribution < 1.29 is 28.7 Å². The zero-order chi connectivity index (χ0) is 23.7. The molecule has 32 heavy (non-hydrogen) atoms. The molecule has 0 aromatic heterocycles. The van der Waals surface area contributed by atoms with Crippen LogP contribution in [0.4, 0.5) is 4.79 Å². The van der Waals surface area contributed by atoms with Crippen molar-refractivity contribution in [2.75, 3.05) is 20.3 Å². The molecule has 0 aliphatic carbocycles. The van der Waals surface area contributed by atoms with Crippen molar-refractivity contribution in [3.8, 4) is 0 Å². The van der Waals surface area contributed by atoms with Gasteiger partial charge in [-0.05, 0) is 11.5 Å². The van der Waals surface area contributed by atoms with Crippen molar-refractivity contribution in [1.29, 1.82) is 5.41 Å². The molecule has 1 aliphatic heterocycles. The van der Waals surface area contributed by atoms with E-state index in [1.807, 2.05) is 13.8 Å². The molecule has 11 nitrogen and oxygen atoms in total. The maximum atomic E-state index is 12.3. The second-order valence-electron chi connectivity index (χ2n) is 7.68. The van der Waals surface area contributed by atoms with Gasteiger partial charge in [-0.2, -0.15) is 0 Å². The number of rotatable bonds is 10. The summed E-state index contributed by atoms with van der Waals surface area (Å²) in [5.74, 6) is -0.959. The Bertz CT molecular complexity index is 868. The van der Waals surface area contributed by atoms with Gasteiger partial charge in [0.25, 0.3) is 0 Å². The standard InChI is InChI=1S/C21H29N5O6/c1-12(2)11-31-21(29)25-17(20(28)30-3)10-24-18(27)9-15-8-16(26-32-15)13-4-6-14(7-5-13)19(22)23/h4-7,12,15,17H,8-11H2,1-3H3,(H3,22,23)(H,24,27)(H,25,29)/t15?,17-/m0/s1. The minimum absolute atomic E-state index is 0.0181. The predicted molar refractivity (Wildman–Crippen MR) is 116 cm³/mol. The number of amides is 2. The molecule has 0 fully saturated rings. The largest absolute Gasteiger partial charge is 0.467 e. The van der Waals surface area contributed by atoms with Crippen molar-refractivity contribution >= 4 is 29.5 Å². The summed E-state index contributed by atoms with van der Waals surface area (Å²) in [5, 5.41) is 16.4. The molecule has 1 unspecified atom stereocenters. The van der Waals surface area contributed by atoms with E-state index in [-0.39, 0.29) is 37.2 Å². The second kappa shape index (κ2) is 11.7. The van der Waals surface area contributed by atoms with Crippen LogP contribution < -0.4 is 16.4 Å². The zero-order valence-electron chi connectivity index (χ0n) is 18.3. The number of benzene rings is 1. The van der Waals surface area contributed by atoms with Gasteiger partial charge >= 0.3 is 12.1 Å². The molecule has 0 radical (unpaired) electrons. The van der Waals surface area contributed by atoms with Crippen LogP contribution in [0.15, 0.2) is 29.4 Å². The molecule has 174 valence electrons. The quantitative estimate of drug-likeness (QED) is 0.235. The number of nitrogens with two attached hydrogens (primary N) is 1. The zero-order valence-corrected chi connectivity index (χ0v) is 18.3. The summed E-state index contributed by atoms with van der Waals surface area (Å²) in [4.78, 5) is 41.4. The van der Waals surface area contributed by atoms with E-state index in [4.69, 9.17) is 20.7 Å². The van der Waals surface area contributed by atoms with Crippen molar-refractivity contribution in [3.05, 3.63) is 35.4 Å². The van der Waals surface area contributed by atoms with Crippen molar-refractivity contribution in [1.82, 2.24) is 10.6 Å². The van der Waals surface area contributed by atoms with Gasteiger partial charge in [-0.1, -0.05) is 43.3 Å². The third kappa shape index (κ3) is 7.56. The van der Waals surface area contributed by atoms with Gasteiger partial charge in [0.1, 0.15) is 18.0 Å². The smallest absolute Gasteiger partial charge is 0.407 e. The number of alkyl carbamates (subject to hydrolysis) is 1. The topological polar surface area (TPSA) is 165 Å². The number of carbonyl (C=O) groups excluding carboxylic acids is 3. The number of amidine groups is 1. The minimum atomic E-state index is -1.08. The Hall–Kier alpha value is -3.63. The Morgan fingerprint density at radius 1 is 1.28 bits per heavy atom. The summed E-state index contributed by atoms with van der Waals surface area (Å²) in [7, 11) is 1.19. The van der Waals surface area contributed by atoms with E-state index < -0.39 is 24.2 Å². The maximum Gasteiger partial charge on any atom is 0.407 e. The van der Waals surface area contributed by atoms with E-state index in [1.54, 1.807) is 24.3 Å². The van der Waals surface area contributed by atoms with Crippen LogP contribution in [0.25, 0.3) is 0 Å². The van der Waals surface area contributed by atoms with E-state index in [0.717, 1.165) is 5.56 Å². The molecule has 0 saturated carbocycles. The summed E-state index contributed by atoms with van der Waals surface area (Å²) >= 11 is 0. The first kappa shape index (κ1) is 24.6. The SMILES string of the molecule is COC(=O)[C@H](CNC(=O)CC1CC(c2ccc(C(=N)N)cc2)=NO1)NC(=O)OCC(C)C. The Morgan fingerprint density at radius 3 is 2.56 bits per heavy atom. The van der Waals surface area contributed by atoms with Crippen molar-refractivity contribution in [3.63, 3.8) is 0 Å². The van der Waals surface area contributed by atoms with E-state index in [9.17, 15) is 14.4 Å². The van der Waals surface area contributed by atoms with Gasteiger partial charge in [0, 0.05) is 18.5 Å². The Morgan fingerprint density at radius 2 is 1.97 bits per heavy atom. The van der Waals surface area contributed by atoms with E-state index in [1.165, 1.54) is 7.11 Å². The fraction of sp³-hybridized carbons (Fsp3) is 0.476. The van der Waals surface area contributed by atoms with Crippen LogP contribution in [-0.2, 0) is 23.9 Å². The lowest BCUT2D eigenvalue weighted by Gasteiger charge is -2.18. The summed E-state index contributed by atoms with van der Waals surface area (Å²) in [6.07, 6.45) is -0.786. The number of hydrogen-bond acceptors (Lipinski definition) is 8. The van der Waals surface area contributed by atoms with Crippen LogP contribution in [0.2, 0.25) is 0 Å². The molecule has 2 amide bonds. The highest BCUT2D eigenvalue weighted by Crippen LogP contribution is 2.19. The first-order chi connectivity index (χ1) is 15.2. The number of hydrogen-bond donors (Lipinski definition) is 4. The molecule has 0 saturated heterocycles. The highest BCUT2D eigenvalue weighted by Gasteiger charge is 2.27. The third-order valence-corrected chi connectivity index (χ3v) is 4.50. The van der Waals surface area contributed by atoms with Crippen LogP contribution in [0.1, 0.15) is 37.8 Å². The fourth-order valence-electron chi connectivity index (χ4n) is 2.81. The Kier molecular flexibility index (Phi) is 8.99. The third-order valence-electron chi connectivity index (χ3n) is 4.50. The van der Waals surface area contributed by atoms with E-state index in [2.05, 4.69) is 20.5 Å². The van der Waals surface area contributed by atoms with Crippen LogP contribution in [0, 0.1) is 11.3 Å². The van der Waals surface area contributed by atoms with Gasteiger partial charge in [-0.3, -0.25) is 10.2 Å². The maximum absolute atomic E-state index is 12.3. The lowest BCUT2D eigenvalue weighted by Crippen LogP contribution is -2.49. The number of carbonyl (C=O) groups is 3. The molecule has 2 atom stereocenters. The summed E-state index contributed by atoms with van der Waals surface area (Å²) < 4.78 is 9.66. The second-order valence-corrected chi connectivity index (χ2v) is 7.68. The molecule has 1 aromatic carbocycles. The van der Waals surface area contributed by atoms with Crippen molar-refractivity contribution in [2.45, 2.75) is 38.8 Å². The minimum Gasteiger partial charge on any atom is -0.467 e. The van der Waals surface area contributed by atoms with Gasteiger partial charge in [0.15, 0.2) is 0 Å². The number of nitrogen functional groups attached to an aromatic ring is 1. The van der Waals surface area contributed by atoms with Crippen molar-refractivity contribution in [2.24, 2.45) is 16.8 Å². The van der Waals surface area contributed by atoms with Gasteiger partial charge in [0.2, 0.25) is 5.91 Å². The highest BCUT2D eigenvalue weighted by molar-refractivity contribution is 6.02. The number of nitrogens with zero attached hydrogens (tertiary/aromatic N) is 1. The number of methoxy groups -OCH3 is 1. The van der Waals surface area contributed by atoms with E-state index in [0.29, 0.717) is 17.7 Å². The molecule has 1 aliphatic rings. The molecule has 0 spiro atoms. The molecule has 0 bridgehead atoms. The molecule has 5 N–H and O–H groups in total.